The SMILES string of the molecule is CCN(CC)CCC(=O)c1c(OC)cccc1OC. The minimum Gasteiger partial charge on any atom is -0.496 e. The van der Waals surface area contributed by atoms with Gasteiger partial charge in [-0.3, -0.25) is 4.79 Å². The van der Waals surface area contributed by atoms with Crippen molar-refractivity contribution < 1.29 is 14.3 Å². The van der Waals surface area contributed by atoms with Gasteiger partial charge in [0.1, 0.15) is 17.1 Å². The monoisotopic (exact) mass is 265 g/mol. The Bertz CT molecular complexity index is 392. The molecule has 1 aromatic rings. The van der Waals surface area contributed by atoms with E-state index >= 15 is 0 Å². The Labute approximate surface area is 115 Å². The lowest BCUT2D eigenvalue weighted by Gasteiger charge is -2.18. The maximum absolute atomic E-state index is 12.4. The summed E-state index contributed by atoms with van der Waals surface area (Å²) in [4.78, 5) is 14.6. The Balaban J connectivity index is 2.86. The fourth-order valence-corrected chi connectivity index (χ4v) is 2.05. The number of hydrogen-bond acceptors (Lipinski definition) is 4. The topological polar surface area (TPSA) is 38.8 Å². The maximum Gasteiger partial charge on any atom is 0.171 e. The molecule has 0 N–H and O–H groups in total. The number of carbonyl (C=O) groups excluding carboxylic acids is 1. The molecule has 4 heteroatoms. The van der Waals surface area contributed by atoms with Crippen LogP contribution in [0, 0.1) is 0 Å². The van der Waals surface area contributed by atoms with Gasteiger partial charge in [0.05, 0.1) is 14.2 Å². The molecule has 0 aliphatic rings. The number of Topliss-reactive ketones (excluding diaryl/α,β-unsaturated/α-hetero) is 1. The number of hydrogen-bond donors (Lipinski definition) is 0. The second kappa shape index (κ2) is 7.79. The third kappa shape index (κ3) is 3.96. The van der Waals surface area contributed by atoms with Crippen LogP contribution in [-0.2, 0) is 0 Å². The average Bonchev–Trinajstić information content (AvgIpc) is 2.46. The van der Waals surface area contributed by atoms with Crippen LogP contribution < -0.4 is 9.47 Å². The van der Waals surface area contributed by atoms with Crippen molar-refractivity contribution in [2.75, 3.05) is 33.9 Å². The van der Waals surface area contributed by atoms with Gasteiger partial charge in [0.15, 0.2) is 5.78 Å². The van der Waals surface area contributed by atoms with E-state index in [1.807, 2.05) is 6.07 Å². The molecule has 0 spiro atoms. The van der Waals surface area contributed by atoms with Crippen molar-refractivity contribution in [3.8, 4) is 11.5 Å². The quantitative estimate of drug-likeness (QED) is 0.677. The van der Waals surface area contributed by atoms with Gasteiger partial charge < -0.3 is 14.4 Å². The van der Waals surface area contributed by atoms with Crippen LogP contribution in [0.3, 0.4) is 0 Å². The van der Waals surface area contributed by atoms with Crippen LogP contribution in [0.5, 0.6) is 11.5 Å². The molecule has 0 saturated heterocycles. The van der Waals surface area contributed by atoms with Crippen LogP contribution in [0.4, 0.5) is 0 Å². The lowest BCUT2D eigenvalue weighted by Crippen LogP contribution is -2.26. The molecule has 19 heavy (non-hydrogen) atoms. The lowest BCUT2D eigenvalue weighted by atomic mass is 10.1. The molecular weight excluding hydrogens is 242 g/mol. The van der Waals surface area contributed by atoms with Crippen molar-refractivity contribution in [3.05, 3.63) is 23.8 Å². The Kier molecular flexibility index (Phi) is 6.36. The summed E-state index contributed by atoms with van der Waals surface area (Å²) in [6.45, 7) is 6.85. The minimum atomic E-state index is 0.0567. The van der Waals surface area contributed by atoms with E-state index in [9.17, 15) is 4.79 Å². The summed E-state index contributed by atoms with van der Waals surface area (Å²) in [5.41, 5.74) is 0.541. The van der Waals surface area contributed by atoms with Gasteiger partial charge in [-0.05, 0) is 25.2 Å². The molecule has 0 aliphatic carbocycles. The largest absolute Gasteiger partial charge is 0.496 e. The van der Waals surface area contributed by atoms with Crippen molar-refractivity contribution in [1.82, 2.24) is 4.90 Å². The summed E-state index contributed by atoms with van der Waals surface area (Å²) in [5, 5.41) is 0. The summed E-state index contributed by atoms with van der Waals surface area (Å²) >= 11 is 0. The number of methoxy groups -OCH3 is 2. The van der Waals surface area contributed by atoms with Gasteiger partial charge >= 0.3 is 0 Å². The number of carbonyl (C=O) groups is 1. The van der Waals surface area contributed by atoms with Crippen LogP contribution in [0.15, 0.2) is 18.2 Å². The smallest absolute Gasteiger partial charge is 0.171 e. The first kappa shape index (κ1) is 15.5. The van der Waals surface area contributed by atoms with E-state index in [-0.39, 0.29) is 5.78 Å². The Morgan fingerprint density at radius 2 is 1.63 bits per heavy atom. The van der Waals surface area contributed by atoms with Crippen LogP contribution >= 0.6 is 0 Å². The van der Waals surface area contributed by atoms with Gasteiger partial charge in [-0.2, -0.15) is 0 Å². The van der Waals surface area contributed by atoms with Gasteiger partial charge in [0.25, 0.3) is 0 Å². The molecule has 0 aromatic heterocycles. The molecule has 0 aliphatic heterocycles. The number of nitrogens with zero attached hydrogens (tertiary/aromatic N) is 1. The van der Waals surface area contributed by atoms with Crippen LogP contribution in [0.25, 0.3) is 0 Å². The highest BCUT2D eigenvalue weighted by Gasteiger charge is 2.18. The molecule has 106 valence electrons. The predicted molar refractivity (Wildman–Crippen MR) is 76.3 cm³/mol. The standard InChI is InChI=1S/C15H23NO3/c1-5-16(6-2)11-10-12(17)15-13(18-3)8-7-9-14(15)19-4/h7-9H,5-6,10-11H2,1-4H3. The molecule has 0 saturated carbocycles. The van der Waals surface area contributed by atoms with Crippen molar-refractivity contribution in [2.24, 2.45) is 0 Å². The van der Waals surface area contributed by atoms with Gasteiger partial charge in [-0.25, -0.2) is 0 Å². The highest BCUT2D eigenvalue weighted by Crippen LogP contribution is 2.29. The fourth-order valence-electron chi connectivity index (χ4n) is 2.05. The van der Waals surface area contributed by atoms with Gasteiger partial charge in [-0.15, -0.1) is 0 Å². The van der Waals surface area contributed by atoms with E-state index in [1.165, 1.54) is 0 Å². The molecule has 0 heterocycles. The van der Waals surface area contributed by atoms with E-state index in [2.05, 4.69) is 18.7 Å². The molecule has 0 atom stereocenters. The summed E-state index contributed by atoms with van der Waals surface area (Å²) in [6, 6.07) is 5.39. The van der Waals surface area contributed by atoms with E-state index in [1.54, 1.807) is 26.4 Å². The zero-order valence-corrected chi connectivity index (χ0v) is 12.2. The van der Waals surface area contributed by atoms with Gasteiger partial charge in [0.2, 0.25) is 0 Å². The average molecular weight is 265 g/mol. The zero-order chi connectivity index (χ0) is 14.3. The molecule has 0 amide bonds. The summed E-state index contributed by atoms with van der Waals surface area (Å²) < 4.78 is 10.5. The highest BCUT2D eigenvalue weighted by molar-refractivity contribution is 6.01. The minimum absolute atomic E-state index is 0.0567. The Morgan fingerprint density at radius 1 is 1.11 bits per heavy atom. The zero-order valence-electron chi connectivity index (χ0n) is 12.2. The fraction of sp³-hybridized carbons (Fsp3) is 0.533. The lowest BCUT2D eigenvalue weighted by molar-refractivity contribution is 0.0960. The summed E-state index contributed by atoms with van der Waals surface area (Å²) in [5.74, 6) is 1.20. The van der Waals surface area contributed by atoms with Crippen LogP contribution in [0.2, 0.25) is 0 Å². The Hall–Kier alpha value is -1.55. The highest BCUT2D eigenvalue weighted by atomic mass is 16.5. The predicted octanol–water partition coefficient (Wildman–Crippen LogP) is 2.62. The second-order valence-electron chi connectivity index (χ2n) is 4.24. The van der Waals surface area contributed by atoms with Crippen molar-refractivity contribution in [2.45, 2.75) is 20.3 Å². The molecule has 1 aromatic carbocycles. The molecule has 0 bridgehead atoms. The van der Waals surface area contributed by atoms with E-state index in [0.717, 1.165) is 19.6 Å². The van der Waals surface area contributed by atoms with E-state index < -0.39 is 0 Å². The van der Waals surface area contributed by atoms with Crippen LogP contribution in [-0.4, -0.2) is 44.5 Å². The molecular formula is C15H23NO3. The molecule has 0 unspecified atom stereocenters. The second-order valence-corrected chi connectivity index (χ2v) is 4.24. The van der Waals surface area contributed by atoms with Crippen LogP contribution in [0.1, 0.15) is 30.6 Å². The van der Waals surface area contributed by atoms with E-state index in [0.29, 0.717) is 23.5 Å². The van der Waals surface area contributed by atoms with Gasteiger partial charge in [-0.1, -0.05) is 19.9 Å². The summed E-state index contributed by atoms with van der Waals surface area (Å²) in [6.07, 6.45) is 0.471. The molecule has 0 radical (unpaired) electrons. The Morgan fingerprint density at radius 3 is 2.05 bits per heavy atom. The first-order valence-electron chi connectivity index (χ1n) is 6.64. The first-order chi connectivity index (χ1) is 9.17. The number of ether oxygens (including phenoxy) is 2. The number of rotatable bonds is 8. The van der Waals surface area contributed by atoms with Gasteiger partial charge in [0, 0.05) is 13.0 Å². The van der Waals surface area contributed by atoms with E-state index in [4.69, 9.17) is 9.47 Å². The first-order valence-corrected chi connectivity index (χ1v) is 6.64. The maximum atomic E-state index is 12.4. The number of ketones is 1. The third-order valence-corrected chi connectivity index (χ3v) is 3.26. The third-order valence-electron chi connectivity index (χ3n) is 3.26. The van der Waals surface area contributed by atoms with Crippen molar-refractivity contribution >= 4 is 5.78 Å². The summed E-state index contributed by atoms with van der Waals surface area (Å²) in [7, 11) is 3.13. The molecule has 4 nitrogen and oxygen atoms in total. The molecule has 1 rings (SSSR count). The van der Waals surface area contributed by atoms with Crippen molar-refractivity contribution in [1.29, 1.82) is 0 Å². The van der Waals surface area contributed by atoms with Crippen molar-refractivity contribution in [3.63, 3.8) is 0 Å². The normalized spacial score (nSPS) is 10.6. The number of benzene rings is 1. The molecule has 0 fully saturated rings.